The van der Waals surface area contributed by atoms with Crippen molar-refractivity contribution in [1.29, 1.82) is 0 Å². The molecule has 0 fully saturated rings. The molecule has 0 radical (unpaired) electrons. The number of carbonyl (C=O) groups is 2. The highest BCUT2D eigenvalue weighted by Crippen LogP contribution is 2.36. The predicted molar refractivity (Wildman–Crippen MR) is 153 cm³/mol. The van der Waals surface area contributed by atoms with E-state index in [4.69, 9.17) is 14.2 Å². The molecule has 3 heterocycles. The number of likely N-dealkylation sites (N-methyl/N-ethyl adjacent to an activating group) is 1. The van der Waals surface area contributed by atoms with Crippen molar-refractivity contribution < 1.29 is 28.9 Å². The topological polar surface area (TPSA) is 125 Å². The van der Waals surface area contributed by atoms with E-state index in [2.05, 4.69) is 20.5 Å². The third kappa shape index (κ3) is 6.53. The summed E-state index contributed by atoms with van der Waals surface area (Å²) in [5, 5.41) is 15.6. The molecule has 3 atom stereocenters. The van der Waals surface area contributed by atoms with Crippen molar-refractivity contribution in [2.45, 2.75) is 32.5 Å². The summed E-state index contributed by atoms with van der Waals surface area (Å²) in [6.45, 7) is 5.48. The highest BCUT2D eigenvalue weighted by molar-refractivity contribution is 6.04. The largest absolute Gasteiger partial charge is 0.486 e. The summed E-state index contributed by atoms with van der Waals surface area (Å²) in [6.07, 6.45) is 3.21. The van der Waals surface area contributed by atoms with Crippen molar-refractivity contribution in [1.82, 2.24) is 14.8 Å². The van der Waals surface area contributed by atoms with Gasteiger partial charge in [0.1, 0.15) is 6.10 Å². The van der Waals surface area contributed by atoms with Gasteiger partial charge in [-0.05, 0) is 55.9 Å². The van der Waals surface area contributed by atoms with Crippen molar-refractivity contribution in [3.63, 3.8) is 0 Å². The highest BCUT2D eigenvalue weighted by Gasteiger charge is 2.34. The van der Waals surface area contributed by atoms with Crippen molar-refractivity contribution in [3.8, 4) is 17.2 Å². The van der Waals surface area contributed by atoms with E-state index in [1.54, 1.807) is 53.7 Å². The molecule has 41 heavy (non-hydrogen) atoms. The van der Waals surface area contributed by atoms with Crippen LogP contribution in [-0.2, 0) is 6.54 Å². The van der Waals surface area contributed by atoms with Crippen molar-refractivity contribution >= 4 is 23.3 Å². The first-order valence-electron chi connectivity index (χ1n) is 13.6. The quantitative estimate of drug-likeness (QED) is 0.379. The van der Waals surface area contributed by atoms with Crippen LogP contribution in [0.3, 0.4) is 0 Å². The molecule has 3 amide bonds. The number of hydrogen-bond donors (Lipinski definition) is 3. The Labute approximate surface area is 239 Å². The van der Waals surface area contributed by atoms with Gasteiger partial charge in [-0.15, -0.1) is 0 Å². The van der Waals surface area contributed by atoms with Gasteiger partial charge in [0.2, 0.25) is 6.79 Å². The Kier molecular flexibility index (Phi) is 8.55. The van der Waals surface area contributed by atoms with Crippen molar-refractivity contribution in [2.24, 2.45) is 5.92 Å². The average Bonchev–Trinajstić information content (AvgIpc) is 3.43. The van der Waals surface area contributed by atoms with E-state index in [1.165, 1.54) is 0 Å². The number of carbonyl (C=O) groups excluding carboxylic acids is 2. The van der Waals surface area contributed by atoms with Crippen LogP contribution >= 0.6 is 0 Å². The van der Waals surface area contributed by atoms with Gasteiger partial charge in [-0.2, -0.15) is 0 Å². The van der Waals surface area contributed by atoms with Gasteiger partial charge in [-0.1, -0.05) is 13.0 Å². The number of para-hydroxylation sites is 1. The highest BCUT2D eigenvalue weighted by atomic mass is 16.7. The molecule has 0 spiro atoms. The smallest absolute Gasteiger partial charge is 0.323 e. The molecular formula is C30H35N5O6. The summed E-state index contributed by atoms with van der Waals surface area (Å²) in [6, 6.07) is 13.3. The second-order valence-electron chi connectivity index (χ2n) is 10.5. The van der Waals surface area contributed by atoms with Crippen LogP contribution < -0.4 is 24.8 Å². The molecule has 0 saturated carbocycles. The van der Waals surface area contributed by atoms with Gasteiger partial charge < -0.3 is 34.9 Å². The third-order valence-corrected chi connectivity index (χ3v) is 7.26. The lowest BCUT2D eigenvalue weighted by atomic mass is 9.99. The Hall–Kier alpha value is -4.35. The van der Waals surface area contributed by atoms with Crippen LogP contribution in [0, 0.1) is 5.92 Å². The molecule has 0 aliphatic carbocycles. The lowest BCUT2D eigenvalue weighted by Gasteiger charge is -2.38. The molecule has 0 saturated heterocycles. The van der Waals surface area contributed by atoms with Crippen LogP contribution in [0.2, 0.25) is 0 Å². The summed E-state index contributed by atoms with van der Waals surface area (Å²) in [4.78, 5) is 34.7. The molecule has 0 unspecified atom stereocenters. The van der Waals surface area contributed by atoms with Crippen LogP contribution in [0.4, 0.5) is 16.2 Å². The fourth-order valence-electron chi connectivity index (χ4n) is 4.99. The number of urea groups is 1. The number of hydrogen-bond acceptors (Lipinski definition) is 8. The predicted octanol–water partition coefficient (Wildman–Crippen LogP) is 3.81. The Bertz CT molecular complexity index is 1390. The standard InChI is InChI=1S/C30H35N5O6/c1-19-14-35(20(2)17-36)29(37)23-5-4-6-24(33-30(38)32-22-7-8-25-26(13-22)40-18-39-25)28(23)41-27(19)16-34(3)15-21-9-11-31-12-10-21/h4-13,19-20,27,36H,14-18H2,1-3H3,(H2,32,33,38)/t19-,20+,27-/m1/s1. The first-order valence-corrected chi connectivity index (χ1v) is 13.6. The number of aliphatic hydroxyl groups is 1. The number of fused-ring (bicyclic) bond motifs is 2. The minimum Gasteiger partial charge on any atom is -0.486 e. The van der Waals surface area contributed by atoms with Crippen LogP contribution in [0.5, 0.6) is 17.2 Å². The van der Waals surface area contributed by atoms with Crippen molar-refractivity contribution in [3.05, 3.63) is 72.1 Å². The first kappa shape index (κ1) is 28.2. The molecule has 5 rings (SSSR count). The number of amides is 3. The summed E-state index contributed by atoms with van der Waals surface area (Å²) in [7, 11) is 2.01. The molecule has 3 N–H and O–H groups in total. The van der Waals surface area contributed by atoms with E-state index in [0.29, 0.717) is 53.8 Å². The average molecular weight is 562 g/mol. The Balaban J connectivity index is 1.41. The molecule has 1 aromatic heterocycles. The number of aliphatic hydroxyl groups excluding tert-OH is 1. The second-order valence-corrected chi connectivity index (χ2v) is 10.5. The first-order chi connectivity index (χ1) is 19.8. The number of anilines is 2. The maximum Gasteiger partial charge on any atom is 0.323 e. The van der Waals surface area contributed by atoms with Gasteiger partial charge in [0, 0.05) is 49.7 Å². The second kappa shape index (κ2) is 12.4. The minimum atomic E-state index is -0.504. The number of nitrogens with zero attached hydrogens (tertiary/aromatic N) is 3. The number of aromatic nitrogens is 1. The summed E-state index contributed by atoms with van der Waals surface area (Å²) >= 11 is 0. The molecule has 216 valence electrons. The normalized spacial score (nSPS) is 18.7. The van der Waals surface area contributed by atoms with Crippen LogP contribution in [0.1, 0.15) is 29.8 Å². The maximum absolute atomic E-state index is 13.7. The SMILES string of the molecule is C[C@@H]1CN([C@@H](C)CO)C(=O)c2cccc(NC(=O)Nc3ccc4c(c3)OCO4)c2O[C@@H]1CN(C)Cc1ccncc1. The Morgan fingerprint density at radius 2 is 1.93 bits per heavy atom. The molecule has 11 nitrogen and oxygen atoms in total. The number of benzene rings is 2. The molecule has 2 aromatic carbocycles. The van der Waals surface area contributed by atoms with Crippen LogP contribution in [0.25, 0.3) is 0 Å². The summed E-state index contributed by atoms with van der Waals surface area (Å²) < 4.78 is 17.3. The van der Waals surface area contributed by atoms with E-state index >= 15 is 0 Å². The van der Waals surface area contributed by atoms with Gasteiger partial charge in [-0.3, -0.25) is 14.7 Å². The van der Waals surface area contributed by atoms with Gasteiger partial charge in [0.25, 0.3) is 5.91 Å². The fourth-order valence-corrected chi connectivity index (χ4v) is 4.99. The van der Waals surface area contributed by atoms with Crippen LogP contribution in [-0.4, -0.2) is 77.5 Å². The molecule has 2 aliphatic rings. The zero-order chi connectivity index (χ0) is 28.9. The molecular weight excluding hydrogens is 526 g/mol. The summed E-state index contributed by atoms with van der Waals surface area (Å²) in [5.41, 5.74) is 2.32. The van der Waals surface area contributed by atoms with E-state index < -0.39 is 12.1 Å². The molecule has 11 heteroatoms. The van der Waals surface area contributed by atoms with Crippen LogP contribution in [0.15, 0.2) is 60.9 Å². The minimum absolute atomic E-state index is 0.0727. The number of pyridine rings is 1. The molecule has 3 aromatic rings. The molecule has 0 bridgehead atoms. The van der Waals surface area contributed by atoms with Gasteiger partial charge >= 0.3 is 6.03 Å². The number of nitrogens with one attached hydrogen (secondary N) is 2. The van der Waals surface area contributed by atoms with E-state index in [9.17, 15) is 14.7 Å². The fraction of sp³-hybridized carbons (Fsp3) is 0.367. The van der Waals surface area contributed by atoms with E-state index in [0.717, 1.165) is 5.56 Å². The zero-order valence-electron chi connectivity index (χ0n) is 23.4. The Morgan fingerprint density at radius 1 is 1.15 bits per heavy atom. The molecule has 2 aliphatic heterocycles. The van der Waals surface area contributed by atoms with Gasteiger partial charge in [0.05, 0.1) is 23.9 Å². The van der Waals surface area contributed by atoms with Crippen molar-refractivity contribution in [2.75, 3.05) is 44.2 Å². The number of ether oxygens (including phenoxy) is 3. The Morgan fingerprint density at radius 3 is 2.71 bits per heavy atom. The lowest BCUT2D eigenvalue weighted by Crippen LogP contribution is -2.49. The monoisotopic (exact) mass is 561 g/mol. The van der Waals surface area contributed by atoms with Gasteiger partial charge in [0.15, 0.2) is 17.2 Å². The van der Waals surface area contributed by atoms with Gasteiger partial charge in [-0.25, -0.2) is 4.79 Å². The lowest BCUT2D eigenvalue weighted by molar-refractivity contribution is 0.0343. The van der Waals surface area contributed by atoms with E-state index in [-0.39, 0.29) is 31.3 Å². The summed E-state index contributed by atoms with van der Waals surface area (Å²) in [5.74, 6) is 1.12. The zero-order valence-corrected chi connectivity index (χ0v) is 23.4. The number of rotatable bonds is 8. The maximum atomic E-state index is 13.7. The van der Waals surface area contributed by atoms with E-state index in [1.807, 2.05) is 33.0 Å². The third-order valence-electron chi connectivity index (χ3n) is 7.26.